The molecule has 0 radical (unpaired) electrons. The molecule has 0 spiro atoms. The summed E-state index contributed by atoms with van der Waals surface area (Å²) in [5.41, 5.74) is 1.24. The third-order valence-electron chi connectivity index (χ3n) is 1.78. The maximum absolute atomic E-state index is 4.05. The largest absolute Gasteiger partial charge is 0.339 e. The maximum atomic E-state index is 4.05. The first-order valence-electron chi connectivity index (χ1n) is 3.34. The minimum atomic E-state index is 1.21. The SMILES string of the molecule is Cn1c(I)cc2cnccc21. The van der Waals surface area contributed by atoms with E-state index in [0.29, 0.717) is 0 Å². The van der Waals surface area contributed by atoms with Crippen molar-refractivity contribution in [1.82, 2.24) is 9.55 Å². The molecule has 0 aliphatic rings. The topological polar surface area (TPSA) is 17.8 Å². The van der Waals surface area contributed by atoms with E-state index in [9.17, 15) is 0 Å². The summed E-state index contributed by atoms with van der Waals surface area (Å²) in [6, 6.07) is 4.15. The second-order valence-electron chi connectivity index (χ2n) is 2.46. The number of halogens is 1. The van der Waals surface area contributed by atoms with E-state index in [-0.39, 0.29) is 0 Å². The molecule has 0 aliphatic carbocycles. The highest BCUT2D eigenvalue weighted by atomic mass is 127. The third-order valence-corrected chi connectivity index (χ3v) is 2.82. The lowest BCUT2D eigenvalue weighted by molar-refractivity contribution is 0.937. The Balaban J connectivity index is 2.92. The summed E-state index contributed by atoms with van der Waals surface area (Å²) in [7, 11) is 2.06. The van der Waals surface area contributed by atoms with Gasteiger partial charge in [0.25, 0.3) is 0 Å². The average Bonchev–Trinajstić information content (AvgIpc) is 2.30. The summed E-state index contributed by atoms with van der Waals surface area (Å²) in [5.74, 6) is 0. The van der Waals surface area contributed by atoms with Gasteiger partial charge in [0.2, 0.25) is 0 Å². The van der Waals surface area contributed by atoms with Gasteiger partial charge in [-0.1, -0.05) is 0 Å². The molecule has 0 saturated carbocycles. The van der Waals surface area contributed by atoms with Crippen LogP contribution in [-0.2, 0) is 7.05 Å². The normalized spacial score (nSPS) is 10.7. The lowest BCUT2D eigenvalue weighted by Gasteiger charge is -1.94. The minimum absolute atomic E-state index is 1.21. The van der Waals surface area contributed by atoms with Crippen LogP contribution in [0.4, 0.5) is 0 Å². The van der Waals surface area contributed by atoms with Crippen molar-refractivity contribution in [2.75, 3.05) is 0 Å². The smallest absolute Gasteiger partial charge is 0.0807 e. The minimum Gasteiger partial charge on any atom is -0.339 e. The van der Waals surface area contributed by atoms with Gasteiger partial charge in [-0.2, -0.15) is 0 Å². The molecule has 0 atom stereocenters. The second kappa shape index (κ2) is 2.48. The van der Waals surface area contributed by atoms with Gasteiger partial charge in [-0.3, -0.25) is 4.98 Å². The van der Waals surface area contributed by atoms with Gasteiger partial charge in [-0.05, 0) is 34.7 Å². The Morgan fingerprint density at radius 2 is 2.36 bits per heavy atom. The van der Waals surface area contributed by atoms with Gasteiger partial charge in [0.15, 0.2) is 0 Å². The number of aryl methyl sites for hydroxylation is 1. The van der Waals surface area contributed by atoms with Crippen LogP contribution < -0.4 is 0 Å². The van der Waals surface area contributed by atoms with Crippen LogP contribution in [0.15, 0.2) is 24.5 Å². The molecular formula is C8H7IN2. The zero-order valence-electron chi connectivity index (χ0n) is 6.08. The van der Waals surface area contributed by atoms with Gasteiger partial charge in [0.05, 0.1) is 9.22 Å². The number of rotatable bonds is 0. The van der Waals surface area contributed by atoms with Crippen LogP contribution in [0.5, 0.6) is 0 Å². The Morgan fingerprint density at radius 1 is 1.55 bits per heavy atom. The van der Waals surface area contributed by atoms with E-state index in [4.69, 9.17) is 0 Å². The van der Waals surface area contributed by atoms with Gasteiger partial charge in [-0.25, -0.2) is 0 Å². The molecule has 0 amide bonds. The number of fused-ring (bicyclic) bond motifs is 1. The first kappa shape index (κ1) is 7.09. The molecule has 2 heterocycles. The lowest BCUT2D eigenvalue weighted by atomic mass is 10.3. The van der Waals surface area contributed by atoms with E-state index in [0.717, 1.165) is 0 Å². The van der Waals surface area contributed by atoms with Crippen molar-refractivity contribution >= 4 is 33.5 Å². The van der Waals surface area contributed by atoms with Crippen molar-refractivity contribution in [2.45, 2.75) is 0 Å². The molecule has 0 unspecified atom stereocenters. The number of hydrogen-bond donors (Lipinski definition) is 0. The van der Waals surface area contributed by atoms with Crippen molar-refractivity contribution in [2.24, 2.45) is 7.05 Å². The predicted octanol–water partition coefficient (Wildman–Crippen LogP) is 2.18. The summed E-state index contributed by atoms with van der Waals surface area (Å²) >= 11 is 2.31. The fourth-order valence-electron chi connectivity index (χ4n) is 1.16. The van der Waals surface area contributed by atoms with Crippen molar-refractivity contribution in [1.29, 1.82) is 0 Å². The first-order valence-corrected chi connectivity index (χ1v) is 4.42. The Labute approximate surface area is 78.4 Å². The van der Waals surface area contributed by atoms with Crippen molar-refractivity contribution in [3.05, 3.63) is 28.2 Å². The molecule has 0 aliphatic heterocycles. The molecular weight excluding hydrogens is 251 g/mol. The van der Waals surface area contributed by atoms with Crippen molar-refractivity contribution in [3.8, 4) is 0 Å². The molecule has 0 fully saturated rings. The van der Waals surface area contributed by atoms with Gasteiger partial charge in [-0.15, -0.1) is 0 Å². The van der Waals surface area contributed by atoms with Crippen LogP contribution in [-0.4, -0.2) is 9.55 Å². The summed E-state index contributed by atoms with van der Waals surface area (Å²) in [6.45, 7) is 0. The lowest BCUT2D eigenvalue weighted by Crippen LogP contribution is -1.88. The first-order chi connectivity index (χ1) is 5.29. The fraction of sp³-hybridized carbons (Fsp3) is 0.125. The van der Waals surface area contributed by atoms with E-state index >= 15 is 0 Å². The summed E-state index contributed by atoms with van der Waals surface area (Å²) in [4.78, 5) is 4.05. The number of hydrogen-bond acceptors (Lipinski definition) is 1. The van der Waals surface area contributed by atoms with E-state index in [1.807, 2.05) is 18.5 Å². The zero-order valence-corrected chi connectivity index (χ0v) is 8.24. The van der Waals surface area contributed by atoms with E-state index < -0.39 is 0 Å². The van der Waals surface area contributed by atoms with Crippen LogP contribution in [0, 0.1) is 3.70 Å². The summed E-state index contributed by atoms with van der Waals surface area (Å²) in [6.07, 6.45) is 3.70. The molecule has 0 aromatic carbocycles. The summed E-state index contributed by atoms with van der Waals surface area (Å²) in [5, 5.41) is 1.21. The van der Waals surface area contributed by atoms with E-state index in [2.05, 4.69) is 45.3 Å². The van der Waals surface area contributed by atoms with Crippen molar-refractivity contribution < 1.29 is 0 Å². The molecule has 0 bridgehead atoms. The molecule has 11 heavy (non-hydrogen) atoms. The average molecular weight is 258 g/mol. The Bertz CT molecular complexity index is 392. The van der Waals surface area contributed by atoms with E-state index in [1.165, 1.54) is 14.6 Å². The zero-order chi connectivity index (χ0) is 7.84. The number of aromatic nitrogens is 2. The fourth-order valence-corrected chi connectivity index (χ4v) is 1.75. The monoisotopic (exact) mass is 258 g/mol. The quantitative estimate of drug-likeness (QED) is 0.662. The molecule has 3 heteroatoms. The molecule has 2 nitrogen and oxygen atoms in total. The molecule has 0 N–H and O–H groups in total. The third kappa shape index (κ3) is 1.03. The highest BCUT2D eigenvalue weighted by molar-refractivity contribution is 14.1. The highest BCUT2D eigenvalue weighted by Crippen LogP contribution is 2.17. The maximum Gasteiger partial charge on any atom is 0.0807 e. The van der Waals surface area contributed by atoms with Crippen LogP contribution in [0.2, 0.25) is 0 Å². The van der Waals surface area contributed by atoms with Crippen LogP contribution in [0.3, 0.4) is 0 Å². The highest BCUT2D eigenvalue weighted by Gasteiger charge is 2.00. The van der Waals surface area contributed by atoms with Crippen molar-refractivity contribution in [3.63, 3.8) is 0 Å². The Morgan fingerprint density at radius 3 is 3.09 bits per heavy atom. The predicted molar refractivity (Wildman–Crippen MR) is 53.4 cm³/mol. The number of nitrogens with zero attached hydrogens (tertiary/aromatic N) is 2. The molecule has 56 valence electrons. The van der Waals surface area contributed by atoms with E-state index in [1.54, 1.807) is 0 Å². The van der Waals surface area contributed by atoms with Crippen LogP contribution in [0.1, 0.15) is 0 Å². The molecule has 2 aromatic heterocycles. The number of pyridine rings is 1. The van der Waals surface area contributed by atoms with Crippen LogP contribution in [0.25, 0.3) is 10.9 Å². The Hall–Kier alpha value is -0.580. The van der Waals surface area contributed by atoms with Gasteiger partial charge >= 0.3 is 0 Å². The second-order valence-corrected chi connectivity index (χ2v) is 3.57. The van der Waals surface area contributed by atoms with Gasteiger partial charge < -0.3 is 4.57 Å². The molecule has 0 saturated heterocycles. The van der Waals surface area contributed by atoms with Crippen LogP contribution >= 0.6 is 22.6 Å². The van der Waals surface area contributed by atoms with Gasteiger partial charge in [0, 0.05) is 24.8 Å². The standard InChI is InChI=1S/C8H7IN2/c1-11-7-2-3-10-5-6(7)4-8(11)9/h2-5H,1H3. The van der Waals surface area contributed by atoms with Gasteiger partial charge in [0.1, 0.15) is 0 Å². The molecule has 2 aromatic rings. The Kier molecular flexibility index (Phi) is 1.60. The molecule has 2 rings (SSSR count). The summed E-state index contributed by atoms with van der Waals surface area (Å²) < 4.78 is 3.39.